The van der Waals surface area contributed by atoms with Gasteiger partial charge < -0.3 is 5.73 Å². The fourth-order valence-electron chi connectivity index (χ4n) is 1.64. The Labute approximate surface area is 119 Å². The van der Waals surface area contributed by atoms with E-state index in [0.29, 0.717) is 6.54 Å². The third-order valence-electron chi connectivity index (χ3n) is 2.63. The van der Waals surface area contributed by atoms with Crippen molar-refractivity contribution in [2.24, 2.45) is 5.73 Å². The Morgan fingerprint density at radius 3 is 2.75 bits per heavy atom. The molecule has 4 nitrogen and oxygen atoms in total. The standard InChI is InChI=1S/C14H19FN2O2S/c1-2-3-4-10-17-20(18,19)14-8-7-13(15)11-12(14)6-5-9-16/h7-8,11,17H,2-4,9-10,16H2,1H3. The third kappa shape index (κ3) is 4.93. The van der Waals surface area contributed by atoms with Crippen molar-refractivity contribution in [3.8, 4) is 11.8 Å². The van der Waals surface area contributed by atoms with Gasteiger partial charge in [0.05, 0.1) is 11.4 Å². The van der Waals surface area contributed by atoms with Crippen molar-refractivity contribution < 1.29 is 12.8 Å². The minimum Gasteiger partial charge on any atom is -0.320 e. The zero-order valence-electron chi connectivity index (χ0n) is 11.4. The molecule has 0 fully saturated rings. The SMILES string of the molecule is CCCCCNS(=O)(=O)c1ccc(F)cc1C#CCN. The number of rotatable bonds is 6. The van der Waals surface area contributed by atoms with Gasteiger partial charge in [0, 0.05) is 12.1 Å². The molecule has 1 rings (SSSR count). The molecule has 0 saturated heterocycles. The fraction of sp³-hybridized carbons (Fsp3) is 0.429. The highest BCUT2D eigenvalue weighted by atomic mass is 32.2. The van der Waals surface area contributed by atoms with Crippen molar-refractivity contribution in [3.63, 3.8) is 0 Å². The molecule has 3 N–H and O–H groups in total. The summed E-state index contributed by atoms with van der Waals surface area (Å²) in [6, 6.07) is 3.43. The second kappa shape index (κ2) is 8.00. The molecule has 0 heterocycles. The summed E-state index contributed by atoms with van der Waals surface area (Å²) in [6.45, 7) is 2.48. The molecule has 6 heteroatoms. The van der Waals surface area contributed by atoms with Gasteiger partial charge in [-0.25, -0.2) is 17.5 Å². The van der Waals surface area contributed by atoms with E-state index in [0.717, 1.165) is 31.4 Å². The highest BCUT2D eigenvalue weighted by Gasteiger charge is 2.17. The maximum absolute atomic E-state index is 13.2. The average molecular weight is 298 g/mol. The Bertz CT molecular complexity index is 603. The Kier molecular flexibility index (Phi) is 6.65. The predicted octanol–water partition coefficient (Wildman–Crippen LogP) is 1.60. The molecule has 0 aromatic heterocycles. The lowest BCUT2D eigenvalue weighted by Crippen LogP contribution is -2.25. The number of halogens is 1. The Morgan fingerprint density at radius 1 is 1.35 bits per heavy atom. The van der Waals surface area contributed by atoms with Gasteiger partial charge in [-0.1, -0.05) is 31.6 Å². The molecule has 0 aliphatic carbocycles. The minimum atomic E-state index is -3.68. The monoisotopic (exact) mass is 298 g/mol. The van der Waals surface area contributed by atoms with Gasteiger partial charge in [-0.05, 0) is 24.6 Å². The molecular weight excluding hydrogens is 279 g/mol. The topological polar surface area (TPSA) is 72.2 Å². The van der Waals surface area contributed by atoms with Crippen molar-refractivity contribution in [2.75, 3.05) is 13.1 Å². The first-order chi connectivity index (χ1) is 9.51. The zero-order chi connectivity index (χ0) is 15.0. The molecule has 0 amide bonds. The number of nitrogens with one attached hydrogen (secondary N) is 1. The second-order valence-corrected chi connectivity index (χ2v) is 5.99. The van der Waals surface area contributed by atoms with Crippen LogP contribution in [-0.2, 0) is 10.0 Å². The van der Waals surface area contributed by atoms with E-state index in [-0.39, 0.29) is 17.0 Å². The number of hydrogen-bond acceptors (Lipinski definition) is 3. The first-order valence-corrected chi connectivity index (χ1v) is 7.97. The summed E-state index contributed by atoms with van der Waals surface area (Å²) < 4.78 is 40.0. The van der Waals surface area contributed by atoms with E-state index in [4.69, 9.17) is 5.73 Å². The Balaban J connectivity index is 2.99. The molecule has 0 aliphatic heterocycles. The Morgan fingerprint density at radius 2 is 2.10 bits per heavy atom. The Hall–Kier alpha value is -1.42. The van der Waals surface area contributed by atoms with Crippen LogP contribution in [0.25, 0.3) is 0 Å². The zero-order valence-corrected chi connectivity index (χ0v) is 12.3. The highest BCUT2D eigenvalue weighted by molar-refractivity contribution is 7.89. The summed E-state index contributed by atoms with van der Waals surface area (Å²) in [7, 11) is -3.68. The van der Waals surface area contributed by atoms with Gasteiger partial charge in [-0.3, -0.25) is 0 Å². The second-order valence-electron chi connectivity index (χ2n) is 4.25. The summed E-state index contributed by atoms with van der Waals surface area (Å²) in [4.78, 5) is -0.0173. The number of unbranched alkanes of at least 4 members (excludes halogenated alkanes) is 2. The smallest absolute Gasteiger partial charge is 0.241 e. The quantitative estimate of drug-likeness (QED) is 0.619. The summed E-state index contributed by atoms with van der Waals surface area (Å²) in [5.74, 6) is 4.60. The first-order valence-electron chi connectivity index (χ1n) is 6.49. The van der Waals surface area contributed by atoms with Gasteiger partial charge >= 0.3 is 0 Å². The number of benzene rings is 1. The third-order valence-corrected chi connectivity index (χ3v) is 4.15. The van der Waals surface area contributed by atoms with Gasteiger partial charge in [-0.15, -0.1) is 0 Å². The van der Waals surface area contributed by atoms with Gasteiger partial charge in [-0.2, -0.15) is 0 Å². The van der Waals surface area contributed by atoms with E-state index in [1.54, 1.807) is 0 Å². The summed E-state index contributed by atoms with van der Waals surface area (Å²) >= 11 is 0. The summed E-state index contributed by atoms with van der Waals surface area (Å²) in [5, 5.41) is 0. The van der Waals surface area contributed by atoms with E-state index in [1.165, 1.54) is 6.07 Å². The molecule has 0 radical (unpaired) electrons. The molecule has 1 aromatic carbocycles. The van der Waals surface area contributed by atoms with Crippen LogP contribution < -0.4 is 10.5 Å². The predicted molar refractivity (Wildman–Crippen MR) is 77.0 cm³/mol. The molecule has 110 valence electrons. The molecular formula is C14H19FN2O2S. The molecule has 0 atom stereocenters. The minimum absolute atomic E-state index is 0.0173. The molecule has 0 saturated carbocycles. The molecule has 0 unspecified atom stereocenters. The van der Waals surface area contributed by atoms with E-state index >= 15 is 0 Å². The van der Waals surface area contributed by atoms with Crippen LogP contribution in [0.15, 0.2) is 23.1 Å². The number of nitrogens with two attached hydrogens (primary N) is 1. The van der Waals surface area contributed by atoms with Crippen molar-refractivity contribution in [2.45, 2.75) is 31.1 Å². The normalized spacial score (nSPS) is 10.9. The largest absolute Gasteiger partial charge is 0.320 e. The van der Waals surface area contributed by atoms with Crippen LogP contribution in [0.1, 0.15) is 31.7 Å². The van der Waals surface area contributed by atoms with E-state index in [2.05, 4.69) is 16.6 Å². The van der Waals surface area contributed by atoms with Crippen LogP contribution in [-0.4, -0.2) is 21.5 Å². The van der Waals surface area contributed by atoms with Crippen molar-refractivity contribution in [3.05, 3.63) is 29.6 Å². The maximum Gasteiger partial charge on any atom is 0.241 e. The number of hydrogen-bond donors (Lipinski definition) is 2. The van der Waals surface area contributed by atoms with Crippen LogP contribution >= 0.6 is 0 Å². The van der Waals surface area contributed by atoms with Crippen LogP contribution in [0.4, 0.5) is 4.39 Å². The van der Waals surface area contributed by atoms with Crippen molar-refractivity contribution in [1.29, 1.82) is 0 Å². The average Bonchev–Trinajstić information content (AvgIpc) is 2.41. The lowest BCUT2D eigenvalue weighted by molar-refractivity contribution is 0.575. The van der Waals surface area contributed by atoms with E-state index in [9.17, 15) is 12.8 Å². The molecule has 0 spiro atoms. The van der Waals surface area contributed by atoms with Gasteiger partial charge in [0.2, 0.25) is 10.0 Å². The van der Waals surface area contributed by atoms with Gasteiger partial charge in [0.1, 0.15) is 5.82 Å². The van der Waals surface area contributed by atoms with Crippen LogP contribution in [0.2, 0.25) is 0 Å². The van der Waals surface area contributed by atoms with E-state index in [1.807, 2.05) is 6.92 Å². The summed E-state index contributed by atoms with van der Waals surface area (Å²) in [6.07, 6.45) is 2.72. The number of sulfonamides is 1. The molecule has 0 bridgehead atoms. The van der Waals surface area contributed by atoms with Crippen LogP contribution in [0.3, 0.4) is 0 Å². The highest BCUT2D eigenvalue weighted by Crippen LogP contribution is 2.16. The van der Waals surface area contributed by atoms with Crippen molar-refractivity contribution >= 4 is 10.0 Å². The molecule has 0 aliphatic rings. The molecule has 20 heavy (non-hydrogen) atoms. The first kappa shape index (κ1) is 16.6. The summed E-state index contributed by atoms with van der Waals surface area (Å²) in [5.41, 5.74) is 5.38. The fourth-order valence-corrected chi connectivity index (χ4v) is 2.85. The molecule has 1 aromatic rings. The lowest BCUT2D eigenvalue weighted by atomic mass is 10.2. The van der Waals surface area contributed by atoms with Crippen molar-refractivity contribution in [1.82, 2.24) is 4.72 Å². The van der Waals surface area contributed by atoms with Crippen LogP contribution in [0.5, 0.6) is 0 Å². The van der Waals surface area contributed by atoms with Gasteiger partial charge in [0.25, 0.3) is 0 Å². The maximum atomic E-state index is 13.2. The van der Waals surface area contributed by atoms with E-state index < -0.39 is 15.8 Å². The van der Waals surface area contributed by atoms with Crippen LogP contribution in [0, 0.1) is 17.7 Å². The van der Waals surface area contributed by atoms with Gasteiger partial charge in [0.15, 0.2) is 0 Å². The lowest BCUT2D eigenvalue weighted by Gasteiger charge is -2.08.